The van der Waals surface area contributed by atoms with E-state index in [9.17, 15) is 0 Å². The van der Waals surface area contributed by atoms with Crippen LogP contribution in [0.2, 0.25) is 39.3 Å². The first kappa shape index (κ1) is 36.5. The largest absolute Gasteiger partial charge is 0.385 e. The molecule has 1 aromatic heterocycles. The molecule has 0 saturated heterocycles. The maximum atomic E-state index is 4.64. The number of allylic oxidation sites excluding steroid dienone is 2. The van der Waals surface area contributed by atoms with Crippen molar-refractivity contribution in [1.82, 2.24) is 10.3 Å². The number of aromatic nitrogens is 1. The summed E-state index contributed by atoms with van der Waals surface area (Å²) in [6.07, 6.45) is 12.5. The highest BCUT2D eigenvalue weighted by atomic mass is 28.3. The van der Waals surface area contributed by atoms with Crippen LogP contribution < -0.4 is 25.5 Å². The Hall–Kier alpha value is -5.18. The monoisotopic (exact) mass is 766 g/mol. The first-order chi connectivity index (χ1) is 26.7. The quantitative estimate of drug-likeness (QED) is 0.123. The van der Waals surface area contributed by atoms with Crippen LogP contribution in [-0.4, -0.2) is 27.7 Å². The third-order valence-corrected chi connectivity index (χ3v) is 16.6. The van der Waals surface area contributed by atoms with Gasteiger partial charge >= 0.3 is 0 Å². The number of pyridine rings is 1. The van der Waals surface area contributed by atoms with Crippen LogP contribution in [0.5, 0.6) is 0 Å². The molecule has 7 aromatic rings. The molecule has 4 nitrogen and oxygen atoms in total. The average molecular weight is 767 g/mol. The molecule has 0 spiro atoms. The van der Waals surface area contributed by atoms with Crippen LogP contribution >= 0.6 is 0 Å². The lowest BCUT2D eigenvalue weighted by molar-refractivity contribution is 0.475. The van der Waals surface area contributed by atoms with Crippen molar-refractivity contribution in [3.63, 3.8) is 0 Å². The second-order valence-electron chi connectivity index (χ2n) is 18.8. The molecule has 56 heavy (non-hydrogen) atoms. The maximum Gasteiger partial charge on any atom is 0.0775 e. The van der Waals surface area contributed by atoms with Gasteiger partial charge in [0.1, 0.15) is 0 Å². The van der Waals surface area contributed by atoms with Gasteiger partial charge in [0, 0.05) is 39.4 Å². The van der Waals surface area contributed by atoms with Gasteiger partial charge in [-0.15, -0.1) is 0 Å². The predicted molar refractivity (Wildman–Crippen MR) is 248 cm³/mol. The van der Waals surface area contributed by atoms with E-state index in [0.29, 0.717) is 0 Å². The van der Waals surface area contributed by atoms with E-state index < -0.39 is 16.1 Å². The number of nitrogens with zero attached hydrogens (tertiary/aromatic N) is 3. The number of hydrogen-bond donors (Lipinski definition) is 1. The molecule has 6 aromatic carbocycles. The molecular formula is C50H54N4Si2. The molecule has 282 valence electrons. The van der Waals surface area contributed by atoms with Gasteiger partial charge in [-0.05, 0) is 131 Å². The standard InChI is InChI=1S/C50H54N4Si2/c1-33-28-45(53(37-12-10-26-51-31-37)35-14-18-39(19-15-35)55(4,5)6)43-30-44-47-34(24-25-50(44,2)3)29-46(42-23-22-41(33)48(43)49(42)47)54(38-13-11-27-52-32-38)36-16-20-40(21-17-36)56(7,8)9/h10-23,26-31,52H,24-25,32H2,1-9H3. The van der Waals surface area contributed by atoms with Crippen LogP contribution in [0.15, 0.2) is 127 Å². The van der Waals surface area contributed by atoms with Gasteiger partial charge in [-0.2, -0.15) is 0 Å². The van der Waals surface area contributed by atoms with Crippen molar-refractivity contribution in [2.24, 2.45) is 0 Å². The number of anilines is 5. The summed E-state index contributed by atoms with van der Waals surface area (Å²) in [7, 11) is -2.95. The van der Waals surface area contributed by atoms with Gasteiger partial charge in [0.15, 0.2) is 0 Å². The predicted octanol–water partition coefficient (Wildman–Crippen LogP) is 12.2. The van der Waals surface area contributed by atoms with Gasteiger partial charge < -0.3 is 15.1 Å². The molecule has 0 fully saturated rings. The van der Waals surface area contributed by atoms with Crippen LogP contribution in [0.1, 0.15) is 37.0 Å². The summed E-state index contributed by atoms with van der Waals surface area (Å²) in [5, 5.41) is 14.6. The second kappa shape index (κ2) is 13.2. The minimum atomic E-state index is -1.48. The molecule has 1 N–H and O–H groups in total. The molecule has 6 heteroatoms. The van der Waals surface area contributed by atoms with Gasteiger partial charge in [0.25, 0.3) is 0 Å². The zero-order valence-electron chi connectivity index (χ0n) is 34.5. The molecule has 0 amide bonds. The number of hydrogen-bond acceptors (Lipinski definition) is 4. The Balaban J connectivity index is 1.37. The SMILES string of the molecule is Cc1cc(N(c2ccc([Si](C)(C)C)cc2)c2cccnc2)c2cc3c4c(cc(N(C5=CC=CNC5)c5ccc([Si](C)(C)C)cc5)c5ccc1c2c54)CCC3(C)C. The first-order valence-corrected chi connectivity index (χ1v) is 27.3. The summed E-state index contributed by atoms with van der Waals surface area (Å²) in [5.74, 6) is 0. The highest BCUT2D eigenvalue weighted by Crippen LogP contribution is 2.53. The van der Waals surface area contributed by atoms with Gasteiger partial charge in [0.05, 0.1) is 46.0 Å². The molecule has 0 radical (unpaired) electrons. The first-order valence-electron chi connectivity index (χ1n) is 20.3. The Morgan fingerprint density at radius 2 is 1.30 bits per heavy atom. The fraction of sp³-hybridized carbons (Fsp3) is 0.260. The van der Waals surface area contributed by atoms with Crippen molar-refractivity contribution in [1.29, 1.82) is 0 Å². The number of rotatable bonds is 8. The highest BCUT2D eigenvalue weighted by Gasteiger charge is 2.34. The number of benzene rings is 6. The van der Waals surface area contributed by atoms with Crippen LogP contribution in [0, 0.1) is 6.92 Å². The normalized spacial score (nSPS) is 15.3. The second-order valence-corrected chi connectivity index (χ2v) is 28.9. The van der Waals surface area contributed by atoms with Gasteiger partial charge in [-0.1, -0.05) is 99.9 Å². The van der Waals surface area contributed by atoms with E-state index in [1.165, 1.54) is 82.1 Å². The Bertz CT molecular complexity index is 2680. The molecule has 2 aliphatic rings. The summed E-state index contributed by atoms with van der Waals surface area (Å²) >= 11 is 0. The molecule has 0 saturated carbocycles. The molecule has 1 aliphatic carbocycles. The van der Waals surface area contributed by atoms with Crippen molar-refractivity contribution in [3.8, 4) is 0 Å². The van der Waals surface area contributed by atoms with E-state index in [1.54, 1.807) is 0 Å². The fourth-order valence-electron chi connectivity index (χ4n) is 9.20. The summed E-state index contributed by atoms with van der Waals surface area (Å²) in [4.78, 5) is 9.62. The van der Waals surface area contributed by atoms with Crippen LogP contribution in [0.25, 0.3) is 32.3 Å². The van der Waals surface area contributed by atoms with Gasteiger partial charge in [-0.3, -0.25) is 4.98 Å². The van der Waals surface area contributed by atoms with E-state index in [0.717, 1.165) is 30.8 Å². The lowest BCUT2D eigenvalue weighted by Crippen LogP contribution is -2.37. The summed E-state index contributed by atoms with van der Waals surface area (Å²) in [6, 6.07) is 35.4. The lowest BCUT2D eigenvalue weighted by atomic mass is 9.70. The molecule has 1 aliphatic heterocycles. The topological polar surface area (TPSA) is 31.4 Å². The molecule has 0 unspecified atom stereocenters. The average Bonchev–Trinajstić information content (AvgIpc) is 3.18. The van der Waals surface area contributed by atoms with E-state index in [-0.39, 0.29) is 5.41 Å². The molecule has 0 atom stereocenters. The molecule has 2 heterocycles. The van der Waals surface area contributed by atoms with Gasteiger partial charge in [0.2, 0.25) is 0 Å². The van der Waals surface area contributed by atoms with E-state index in [2.05, 4.69) is 190 Å². The van der Waals surface area contributed by atoms with E-state index in [4.69, 9.17) is 0 Å². The lowest BCUT2D eigenvalue weighted by Gasteiger charge is -2.37. The van der Waals surface area contributed by atoms with E-state index >= 15 is 0 Å². The number of nitrogens with one attached hydrogen (secondary N) is 1. The summed E-state index contributed by atoms with van der Waals surface area (Å²) in [5.41, 5.74) is 11.3. The minimum Gasteiger partial charge on any atom is -0.385 e. The van der Waals surface area contributed by atoms with Crippen molar-refractivity contribution < 1.29 is 0 Å². The fourth-order valence-corrected chi connectivity index (χ4v) is 11.5. The zero-order valence-corrected chi connectivity index (χ0v) is 36.5. The van der Waals surface area contributed by atoms with Crippen molar-refractivity contribution in [2.45, 2.75) is 78.3 Å². The van der Waals surface area contributed by atoms with Crippen LogP contribution in [0.4, 0.5) is 28.4 Å². The maximum absolute atomic E-state index is 4.64. The summed E-state index contributed by atoms with van der Waals surface area (Å²) in [6.45, 7) is 22.5. The Morgan fingerprint density at radius 3 is 1.91 bits per heavy atom. The third kappa shape index (κ3) is 6.05. The number of dihydropyridines is 1. The van der Waals surface area contributed by atoms with Crippen LogP contribution in [-0.2, 0) is 11.8 Å². The van der Waals surface area contributed by atoms with Crippen molar-refractivity contribution >= 4 is 87.3 Å². The Kier molecular flexibility index (Phi) is 8.60. The Morgan fingerprint density at radius 1 is 0.661 bits per heavy atom. The van der Waals surface area contributed by atoms with Crippen molar-refractivity contribution in [3.05, 3.63) is 144 Å². The Labute approximate surface area is 334 Å². The molecule has 9 rings (SSSR count). The third-order valence-electron chi connectivity index (χ3n) is 12.4. The number of aryl methyl sites for hydroxylation is 2. The zero-order chi connectivity index (χ0) is 39.1. The minimum absolute atomic E-state index is 0.0224. The molecule has 0 bridgehead atoms. The van der Waals surface area contributed by atoms with Crippen LogP contribution in [0.3, 0.4) is 0 Å². The van der Waals surface area contributed by atoms with E-state index in [1.807, 2.05) is 12.4 Å². The van der Waals surface area contributed by atoms with Gasteiger partial charge in [-0.25, -0.2) is 0 Å². The smallest absolute Gasteiger partial charge is 0.0775 e. The highest BCUT2D eigenvalue weighted by molar-refractivity contribution is 6.89. The van der Waals surface area contributed by atoms with Crippen molar-refractivity contribution in [2.75, 3.05) is 16.3 Å². The molecular weight excluding hydrogens is 713 g/mol. The summed E-state index contributed by atoms with van der Waals surface area (Å²) < 4.78 is 0.